The summed E-state index contributed by atoms with van der Waals surface area (Å²) in [7, 11) is 0. The van der Waals surface area contributed by atoms with Crippen molar-refractivity contribution in [2.24, 2.45) is 0 Å². The van der Waals surface area contributed by atoms with E-state index in [-0.39, 0.29) is 11.8 Å². The van der Waals surface area contributed by atoms with Crippen molar-refractivity contribution in [1.82, 2.24) is 4.90 Å². The third-order valence-electron chi connectivity index (χ3n) is 4.47. The van der Waals surface area contributed by atoms with Crippen molar-refractivity contribution in [3.8, 4) is 0 Å². The lowest BCUT2D eigenvalue weighted by molar-refractivity contribution is 0.0826. The smallest absolute Gasteiger partial charge is 0.179 e. The molecule has 0 aromatic heterocycles. The summed E-state index contributed by atoms with van der Waals surface area (Å²) in [6.45, 7) is 11.5. The maximum atomic E-state index is 12.7. The van der Waals surface area contributed by atoms with Crippen molar-refractivity contribution >= 4 is 11.5 Å². The number of carbonyl (C=O) groups excluding carboxylic acids is 1. The molecule has 1 saturated heterocycles. The molecule has 1 fully saturated rings. The van der Waals surface area contributed by atoms with Crippen LogP contribution in [0.5, 0.6) is 0 Å². The SMILES string of the molecule is CCC(C(=O)c1ccc(N2CCOCC2)cc1)N(CC)CC. The van der Waals surface area contributed by atoms with Gasteiger partial charge in [-0.05, 0) is 43.8 Å². The molecule has 0 bridgehead atoms. The summed E-state index contributed by atoms with van der Waals surface area (Å²) in [6, 6.07) is 8.06. The van der Waals surface area contributed by atoms with E-state index in [2.05, 4.69) is 42.7 Å². The van der Waals surface area contributed by atoms with Crippen LogP contribution in [0.4, 0.5) is 5.69 Å². The van der Waals surface area contributed by atoms with E-state index in [9.17, 15) is 4.79 Å². The number of hydrogen-bond donors (Lipinski definition) is 0. The van der Waals surface area contributed by atoms with Crippen LogP contribution in [-0.4, -0.2) is 56.1 Å². The highest BCUT2D eigenvalue weighted by atomic mass is 16.5. The first-order valence-electron chi connectivity index (χ1n) is 8.42. The molecule has 0 radical (unpaired) electrons. The highest BCUT2D eigenvalue weighted by Gasteiger charge is 2.23. The summed E-state index contributed by atoms with van der Waals surface area (Å²) >= 11 is 0. The molecule has 2 rings (SSSR count). The van der Waals surface area contributed by atoms with Crippen molar-refractivity contribution in [3.63, 3.8) is 0 Å². The van der Waals surface area contributed by atoms with E-state index in [1.807, 2.05) is 12.1 Å². The van der Waals surface area contributed by atoms with Gasteiger partial charge in [0.25, 0.3) is 0 Å². The Morgan fingerprint density at radius 1 is 1.14 bits per heavy atom. The van der Waals surface area contributed by atoms with Crippen LogP contribution in [0, 0.1) is 0 Å². The Morgan fingerprint density at radius 2 is 1.73 bits per heavy atom. The summed E-state index contributed by atoms with van der Waals surface area (Å²) < 4.78 is 5.38. The average molecular weight is 304 g/mol. The summed E-state index contributed by atoms with van der Waals surface area (Å²) in [5.74, 6) is 0.236. The minimum Gasteiger partial charge on any atom is -0.378 e. The first-order valence-corrected chi connectivity index (χ1v) is 8.42. The second-order valence-corrected chi connectivity index (χ2v) is 5.66. The number of benzene rings is 1. The van der Waals surface area contributed by atoms with Crippen LogP contribution in [0.1, 0.15) is 37.6 Å². The number of ketones is 1. The number of hydrogen-bond acceptors (Lipinski definition) is 4. The molecule has 0 amide bonds. The van der Waals surface area contributed by atoms with Crippen molar-refractivity contribution in [2.75, 3.05) is 44.3 Å². The molecule has 0 N–H and O–H groups in total. The van der Waals surface area contributed by atoms with Gasteiger partial charge in [0, 0.05) is 24.3 Å². The fourth-order valence-electron chi connectivity index (χ4n) is 3.12. The lowest BCUT2D eigenvalue weighted by atomic mass is 10.00. The molecule has 1 atom stereocenters. The zero-order valence-corrected chi connectivity index (χ0v) is 14.0. The zero-order valence-electron chi connectivity index (χ0n) is 14.0. The van der Waals surface area contributed by atoms with E-state index in [0.29, 0.717) is 0 Å². The van der Waals surface area contributed by atoms with Crippen LogP contribution in [-0.2, 0) is 4.74 Å². The molecule has 1 unspecified atom stereocenters. The molecule has 4 nitrogen and oxygen atoms in total. The number of ether oxygens (including phenoxy) is 1. The van der Waals surface area contributed by atoms with Crippen molar-refractivity contribution in [1.29, 1.82) is 0 Å². The van der Waals surface area contributed by atoms with Gasteiger partial charge in [0.1, 0.15) is 0 Å². The molecular formula is C18H28N2O2. The molecule has 1 heterocycles. The normalized spacial score (nSPS) is 16.8. The molecule has 1 aliphatic heterocycles. The Balaban J connectivity index is 2.09. The van der Waals surface area contributed by atoms with Crippen molar-refractivity contribution < 1.29 is 9.53 Å². The summed E-state index contributed by atoms with van der Waals surface area (Å²) in [5.41, 5.74) is 1.99. The third kappa shape index (κ3) is 3.87. The summed E-state index contributed by atoms with van der Waals surface area (Å²) in [6.07, 6.45) is 0.853. The van der Waals surface area contributed by atoms with Crippen LogP contribution in [0.25, 0.3) is 0 Å². The molecule has 0 spiro atoms. The molecule has 0 saturated carbocycles. The van der Waals surface area contributed by atoms with Gasteiger partial charge < -0.3 is 9.64 Å². The van der Waals surface area contributed by atoms with Crippen molar-refractivity contribution in [2.45, 2.75) is 33.2 Å². The van der Waals surface area contributed by atoms with E-state index in [1.165, 1.54) is 5.69 Å². The molecule has 1 aromatic carbocycles. The van der Waals surface area contributed by atoms with Crippen molar-refractivity contribution in [3.05, 3.63) is 29.8 Å². The number of carbonyl (C=O) groups is 1. The fourth-order valence-corrected chi connectivity index (χ4v) is 3.12. The molecule has 4 heteroatoms. The van der Waals surface area contributed by atoms with Gasteiger partial charge in [-0.1, -0.05) is 20.8 Å². The van der Waals surface area contributed by atoms with Gasteiger partial charge in [0.15, 0.2) is 5.78 Å². The highest BCUT2D eigenvalue weighted by Crippen LogP contribution is 2.19. The number of morpholine rings is 1. The fraction of sp³-hybridized carbons (Fsp3) is 0.611. The largest absolute Gasteiger partial charge is 0.378 e. The van der Waals surface area contributed by atoms with Crippen LogP contribution in [0.15, 0.2) is 24.3 Å². The average Bonchev–Trinajstić information content (AvgIpc) is 2.60. The van der Waals surface area contributed by atoms with Gasteiger partial charge in [0.05, 0.1) is 19.3 Å². The van der Waals surface area contributed by atoms with Gasteiger partial charge in [0.2, 0.25) is 0 Å². The zero-order chi connectivity index (χ0) is 15.9. The Bertz CT molecular complexity index is 462. The van der Waals surface area contributed by atoms with Crippen LogP contribution in [0.2, 0.25) is 0 Å². The molecule has 22 heavy (non-hydrogen) atoms. The van der Waals surface area contributed by atoms with E-state index in [4.69, 9.17) is 4.74 Å². The minimum atomic E-state index is -0.00997. The second kappa shape index (κ2) is 8.30. The molecular weight excluding hydrogens is 276 g/mol. The van der Waals surface area contributed by atoms with E-state index in [1.54, 1.807) is 0 Å². The Hall–Kier alpha value is -1.39. The lowest BCUT2D eigenvalue weighted by Crippen LogP contribution is -2.40. The number of rotatable bonds is 7. The first kappa shape index (κ1) is 17.0. The predicted octanol–water partition coefficient (Wildman–Crippen LogP) is 2.83. The number of likely N-dealkylation sites (N-methyl/N-ethyl adjacent to an activating group) is 1. The van der Waals surface area contributed by atoms with Gasteiger partial charge in [-0.15, -0.1) is 0 Å². The predicted molar refractivity (Wildman–Crippen MR) is 90.8 cm³/mol. The quantitative estimate of drug-likeness (QED) is 0.725. The third-order valence-corrected chi connectivity index (χ3v) is 4.47. The molecule has 122 valence electrons. The van der Waals surface area contributed by atoms with E-state index in [0.717, 1.165) is 51.4 Å². The van der Waals surface area contributed by atoms with E-state index >= 15 is 0 Å². The second-order valence-electron chi connectivity index (χ2n) is 5.66. The molecule has 0 aliphatic carbocycles. The monoisotopic (exact) mass is 304 g/mol. The Morgan fingerprint density at radius 3 is 2.23 bits per heavy atom. The maximum absolute atomic E-state index is 12.7. The Labute approximate surface area is 134 Å². The maximum Gasteiger partial charge on any atom is 0.179 e. The lowest BCUT2D eigenvalue weighted by Gasteiger charge is -2.29. The Kier molecular flexibility index (Phi) is 6.40. The van der Waals surface area contributed by atoms with Gasteiger partial charge in [-0.3, -0.25) is 9.69 Å². The van der Waals surface area contributed by atoms with Crippen LogP contribution >= 0.6 is 0 Å². The summed E-state index contributed by atoms with van der Waals surface area (Å²) in [5, 5.41) is 0. The molecule has 1 aromatic rings. The number of Topliss-reactive ketones (excluding diaryl/α,β-unsaturated/α-hetero) is 1. The van der Waals surface area contributed by atoms with E-state index < -0.39 is 0 Å². The van der Waals surface area contributed by atoms with Gasteiger partial charge >= 0.3 is 0 Å². The number of nitrogens with zero attached hydrogens (tertiary/aromatic N) is 2. The first-order chi connectivity index (χ1) is 10.7. The summed E-state index contributed by atoms with van der Waals surface area (Å²) in [4.78, 5) is 17.3. The van der Waals surface area contributed by atoms with Crippen LogP contribution in [0.3, 0.4) is 0 Å². The van der Waals surface area contributed by atoms with Crippen LogP contribution < -0.4 is 4.90 Å². The van der Waals surface area contributed by atoms with Gasteiger partial charge in [-0.2, -0.15) is 0 Å². The standard InChI is InChI=1S/C18H28N2O2/c1-4-17(19(5-2)6-3)18(21)15-7-9-16(10-8-15)20-11-13-22-14-12-20/h7-10,17H,4-6,11-14H2,1-3H3. The minimum absolute atomic E-state index is 0.00997. The van der Waals surface area contributed by atoms with Gasteiger partial charge in [-0.25, -0.2) is 0 Å². The number of anilines is 1. The molecule has 1 aliphatic rings. The highest BCUT2D eigenvalue weighted by molar-refractivity contribution is 6.00. The topological polar surface area (TPSA) is 32.8 Å².